The van der Waals surface area contributed by atoms with Crippen LogP contribution in [0.3, 0.4) is 0 Å². The highest BCUT2D eigenvalue weighted by Gasteiger charge is 2.10. The van der Waals surface area contributed by atoms with E-state index in [4.69, 9.17) is 5.26 Å². The average molecular weight is 343 g/mol. The molecule has 0 atom stereocenters. The van der Waals surface area contributed by atoms with Crippen LogP contribution in [0.4, 0.5) is 17.5 Å². The Morgan fingerprint density at radius 2 is 1.77 bits per heavy atom. The zero-order valence-electron chi connectivity index (χ0n) is 15.0. The first-order valence-electron chi connectivity index (χ1n) is 8.59. The van der Waals surface area contributed by atoms with Crippen molar-refractivity contribution in [1.29, 1.82) is 5.26 Å². The van der Waals surface area contributed by atoms with Crippen molar-refractivity contribution in [1.82, 2.24) is 9.97 Å². The number of nitriles is 1. The normalized spacial score (nSPS) is 10.2. The summed E-state index contributed by atoms with van der Waals surface area (Å²) in [7, 11) is 0. The second-order valence-electron chi connectivity index (χ2n) is 6.01. The predicted octanol–water partition coefficient (Wildman–Crippen LogP) is 4.43. The smallest absolute Gasteiger partial charge is 0.229 e. The molecule has 2 aromatic carbocycles. The summed E-state index contributed by atoms with van der Waals surface area (Å²) < 4.78 is 0. The molecule has 0 saturated heterocycles. The topological polar surface area (TPSA) is 64.8 Å². The van der Waals surface area contributed by atoms with Crippen molar-refractivity contribution >= 4 is 17.5 Å². The van der Waals surface area contributed by atoms with Gasteiger partial charge in [0.1, 0.15) is 5.82 Å². The molecule has 3 aromatic rings. The molecule has 5 nitrogen and oxygen atoms in total. The fourth-order valence-electron chi connectivity index (χ4n) is 2.69. The Balaban J connectivity index is 1.82. The molecule has 3 rings (SSSR count). The Kier molecular flexibility index (Phi) is 5.45. The van der Waals surface area contributed by atoms with Gasteiger partial charge in [-0.05, 0) is 43.7 Å². The maximum Gasteiger partial charge on any atom is 0.229 e. The Hall–Kier alpha value is -3.39. The summed E-state index contributed by atoms with van der Waals surface area (Å²) in [6.45, 7) is 5.73. The summed E-state index contributed by atoms with van der Waals surface area (Å²) in [5.74, 6) is 1.44. The lowest BCUT2D eigenvalue weighted by molar-refractivity contribution is 0.809. The van der Waals surface area contributed by atoms with E-state index in [-0.39, 0.29) is 0 Å². The SMILES string of the molecule is CCN(Cc1ccccc1)c1cc(C)nc(Nc2ccc(C#N)cc2)n1. The van der Waals surface area contributed by atoms with Crippen molar-refractivity contribution < 1.29 is 0 Å². The minimum absolute atomic E-state index is 0.552. The largest absolute Gasteiger partial charge is 0.352 e. The molecule has 1 heterocycles. The molecule has 0 aliphatic heterocycles. The van der Waals surface area contributed by atoms with Crippen LogP contribution in [0.15, 0.2) is 60.7 Å². The monoisotopic (exact) mass is 343 g/mol. The molecule has 0 aliphatic rings. The summed E-state index contributed by atoms with van der Waals surface area (Å²) >= 11 is 0. The number of aryl methyl sites for hydroxylation is 1. The average Bonchev–Trinajstić information content (AvgIpc) is 2.67. The Morgan fingerprint density at radius 3 is 2.42 bits per heavy atom. The molecule has 1 aromatic heterocycles. The van der Waals surface area contributed by atoms with Gasteiger partial charge in [-0.2, -0.15) is 10.2 Å². The van der Waals surface area contributed by atoms with Gasteiger partial charge in [0.05, 0.1) is 11.6 Å². The highest BCUT2D eigenvalue weighted by molar-refractivity contribution is 5.57. The number of hydrogen-bond acceptors (Lipinski definition) is 5. The van der Waals surface area contributed by atoms with E-state index < -0.39 is 0 Å². The van der Waals surface area contributed by atoms with Gasteiger partial charge in [0.25, 0.3) is 0 Å². The van der Waals surface area contributed by atoms with Crippen molar-refractivity contribution in [3.05, 3.63) is 77.5 Å². The summed E-state index contributed by atoms with van der Waals surface area (Å²) in [6.07, 6.45) is 0. The maximum atomic E-state index is 8.90. The number of aromatic nitrogens is 2. The molecule has 0 fully saturated rings. The zero-order valence-corrected chi connectivity index (χ0v) is 15.0. The van der Waals surface area contributed by atoms with Gasteiger partial charge in [-0.15, -0.1) is 0 Å². The molecule has 0 spiro atoms. The number of nitrogens with one attached hydrogen (secondary N) is 1. The van der Waals surface area contributed by atoms with Crippen molar-refractivity contribution in [2.75, 3.05) is 16.8 Å². The summed E-state index contributed by atoms with van der Waals surface area (Å²) in [5.41, 5.74) is 3.62. The summed E-state index contributed by atoms with van der Waals surface area (Å²) in [4.78, 5) is 11.4. The third-order valence-electron chi connectivity index (χ3n) is 4.03. The molecule has 0 bridgehead atoms. The molecular weight excluding hydrogens is 322 g/mol. The molecule has 5 heteroatoms. The fourth-order valence-corrected chi connectivity index (χ4v) is 2.69. The van der Waals surface area contributed by atoms with Crippen LogP contribution in [-0.2, 0) is 6.54 Å². The van der Waals surface area contributed by atoms with E-state index in [9.17, 15) is 0 Å². The molecule has 0 amide bonds. The van der Waals surface area contributed by atoms with E-state index in [0.717, 1.165) is 30.3 Å². The van der Waals surface area contributed by atoms with Crippen LogP contribution < -0.4 is 10.2 Å². The molecule has 0 aliphatic carbocycles. The van der Waals surface area contributed by atoms with E-state index in [2.05, 4.69) is 45.3 Å². The van der Waals surface area contributed by atoms with Gasteiger partial charge >= 0.3 is 0 Å². The van der Waals surface area contributed by atoms with Gasteiger partial charge < -0.3 is 10.2 Å². The second kappa shape index (κ2) is 8.13. The van der Waals surface area contributed by atoms with Crippen molar-refractivity contribution in [2.24, 2.45) is 0 Å². The lowest BCUT2D eigenvalue weighted by Gasteiger charge is -2.23. The lowest BCUT2D eigenvalue weighted by Crippen LogP contribution is -2.23. The van der Waals surface area contributed by atoms with Crippen LogP contribution in [0.2, 0.25) is 0 Å². The Bertz CT molecular complexity index is 898. The lowest BCUT2D eigenvalue weighted by atomic mass is 10.2. The fraction of sp³-hybridized carbons (Fsp3) is 0.190. The molecule has 0 saturated carbocycles. The van der Waals surface area contributed by atoms with E-state index in [1.807, 2.05) is 43.3 Å². The third-order valence-corrected chi connectivity index (χ3v) is 4.03. The number of hydrogen-bond donors (Lipinski definition) is 1. The first-order chi connectivity index (χ1) is 12.7. The Morgan fingerprint density at radius 1 is 1.04 bits per heavy atom. The summed E-state index contributed by atoms with van der Waals surface area (Å²) in [6, 6.07) is 21.7. The standard InChI is InChI=1S/C21H21N5/c1-3-26(15-18-7-5-4-6-8-18)20-13-16(2)23-21(25-20)24-19-11-9-17(14-22)10-12-19/h4-13H,3,15H2,1-2H3,(H,23,24,25). The molecule has 1 N–H and O–H groups in total. The minimum atomic E-state index is 0.552. The molecule has 0 radical (unpaired) electrons. The first kappa shape index (κ1) is 17.4. The number of anilines is 3. The van der Waals surface area contributed by atoms with Crippen LogP contribution in [0, 0.1) is 18.3 Å². The second-order valence-corrected chi connectivity index (χ2v) is 6.01. The molecule has 26 heavy (non-hydrogen) atoms. The van der Waals surface area contributed by atoms with Crippen molar-refractivity contribution in [2.45, 2.75) is 20.4 Å². The van der Waals surface area contributed by atoms with Gasteiger partial charge in [0, 0.05) is 30.5 Å². The highest BCUT2D eigenvalue weighted by Crippen LogP contribution is 2.20. The third kappa shape index (κ3) is 4.37. The number of rotatable bonds is 6. The van der Waals surface area contributed by atoms with Crippen molar-refractivity contribution in [3.63, 3.8) is 0 Å². The van der Waals surface area contributed by atoms with E-state index in [1.54, 1.807) is 12.1 Å². The maximum absolute atomic E-state index is 8.90. The minimum Gasteiger partial charge on any atom is -0.352 e. The quantitative estimate of drug-likeness (QED) is 0.717. The van der Waals surface area contributed by atoms with E-state index in [1.165, 1.54) is 5.56 Å². The van der Waals surface area contributed by atoms with Gasteiger partial charge in [-0.3, -0.25) is 0 Å². The predicted molar refractivity (Wildman–Crippen MR) is 104 cm³/mol. The van der Waals surface area contributed by atoms with Crippen LogP contribution in [0.5, 0.6) is 0 Å². The van der Waals surface area contributed by atoms with Crippen LogP contribution >= 0.6 is 0 Å². The molecule has 130 valence electrons. The number of benzene rings is 2. The zero-order chi connectivity index (χ0) is 18.4. The van der Waals surface area contributed by atoms with Gasteiger partial charge in [-0.25, -0.2) is 4.98 Å². The van der Waals surface area contributed by atoms with Crippen LogP contribution in [0.25, 0.3) is 0 Å². The van der Waals surface area contributed by atoms with Gasteiger partial charge in [0.15, 0.2) is 0 Å². The summed E-state index contributed by atoms with van der Waals surface area (Å²) in [5, 5.41) is 12.1. The van der Waals surface area contributed by atoms with Crippen LogP contribution in [-0.4, -0.2) is 16.5 Å². The highest BCUT2D eigenvalue weighted by atomic mass is 15.2. The Labute approximate surface area is 154 Å². The number of nitrogens with zero attached hydrogens (tertiary/aromatic N) is 4. The van der Waals surface area contributed by atoms with Gasteiger partial charge in [-0.1, -0.05) is 30.3 Å². The van der Waals surface area contributed by atoms with Gasteiger partial charge in [0.2, 0.25) is 5.95 Å². The molecule has 0 unspecified atom stereocenters. The first-order valence-corrected chi connectivity index (χ1v) is 8.59. The van der Waals surface area contributed by atoms with E-state index >= 15 is 0 Å². The van der Waals surface area contributed by atoms with E-state index in [0.29, 0.717) is 11.5 Å². The van der Waals surface area contributed by atoms with Crippen molar-refractivity contribution in [3.8, 4) is 6.07 Å². The van der Waals surface area contributed by atoms with Crippen LogP contribution in [0.1, 0.15) is 23.7 Å². The molecular formula is C21H21N5.